The van der Waals surface area contributed by atoms with Gasteiger partial charge in [0.15, 0.2) is 0 Å². The molecule has 0 saturated heterocycles. The summed E-state index contributed by atoms with van der Waals surface area (Å²) in [6, 6.07) is 6.15. The third kappa shape index (κ3) is 5.82. The molecule has 0 saturated carbocycles. The molecule has 7 heteroatoms. The summed E-state index contributed by atoms with van der Waals surface area (Å²) in [5.74, 6) is -0.113. The van der Waals surface area contributed by atoms with E-state index in [4.69, 9.17) is 10.9 Å². The van der Waals surface area contributed by atoms with Gasteiger partial charge in [-0.05, 0) is 31.0 Å². The summed E-state index contributed by atoms with van der Waals surface area (Å²) >= 11 is 0. The number of hydrogen-bond donors (Lipinski definition) is 3. The van der Waals surface area contributed by atoms with Gasteiger partial charge in [0.05, 0.1) is 4.90 Å². The number of carbonyl (C=O) groups excluding carboxylic acids is 1. The lowest BCUT2D eigenvalue weighted by molar-refractivity contribution is -0.121. The molecule has 1 atom stereocenters. The SMILES string of the molecule is CC(N)CCC(=O)NCc1cccc(S(N)(=O)=O)c1. The van der Waals surface area contributed by atoms with Crippen LogP contribution in [0.5, 0.6) is 0 Å². The molecule has 1 aromatic carbocycles. The van der Waals surface area contributed by atoms with E-state index in [1.807, 2.05) is 6.92 Å². The van der Waals surface area contributed by atoms with Crippen LogP contribution < -0.4 is 16.2 Å². The summed E-state index contributed by atoms with van der Waals surface area (Å²) in [5.41, 5.74) is 6.24. The maximum atomic E-state index is 11.5. The fourth-order valence-corrected chi connectivity index (χ4v) is 2.06. The van der Waals surface area contributed by atoms with E-state index in [2.05, 4.69) is 5.32 Å². The molecule has 1 aromatic rings. The minimum Gasteiger partial charge on any atom is -0.352 e. The molecule has 1 unspecified atom stereocenters. The van der Waals surface area contributed by atoms with E-state index in [1.54, 1.807) is 12.1 Å². The molecule has 0 fully saturated rings. The molecule has 106 valence electrons. The number of carbonyl (C=O) groups is 1. The van der Waals surface area contributed by atoms with Crippen LogP contribution in [0.3, 0.4) is 0 Å². The molecule has 0 spiro atoms. The van der Waals surface area contributed by atoms with Gasteiger partial charge in [0.2, 0.25) is 15.9 Å². The zero-order chi connectivity index (χ0) is 14.5. The Morgan fingerprint density at radius 3 is 2.68 bits per heavy atom. The van der Waals surface area contributed by atoms with Gasteiger partial charge in [-0.1, -0.05) is 12.1 Å². The van der Waals surface area contributed by atoms with Crippen LogP contribution in [0.4, 0.5) is 0 Å². The molecule has 1 amide bonds. The van der Waals surface area contributed by atoms with E-state index < -0.39 is 10.0 Å². The average molecular weight is 285 g/mol. The number of hydrogen-bond acceptors (Lipinski definition) is 4. The number of primary sulfonamides is 1. The standard InChI is InChI=1S/C12H19N3O3S/c1-9(13)5-6-12(16)15-8-10-3-2-4-11(7-10)19(14,17)18/h2-4,7,9H,5-6,8,13H2,1H3,(H,15,16)(H2,14,17,18). The van der Waals surface area contributed by atoms with Crippen LogP contribution in [0.1, 0.15) is 25.3 Å². The van der Waals surface area contributed by atoms with Gasteiger partial charge < -0.3 is 11.1 Å². The summed E-state index contributed by atoms with van der Waals surface area (Å²) in [6.07, 6.45) is 0.968. The number of nitrogens with one attached hydrogen (secondary N) is 1. The number of nitrogens with two attached hydrogens (primary N) is 2. The minimum absolute atomic E-state index is 0.0172. The minimum atomic E-state index is -3.71. The van der Waals surface area contributed by atoms with E-state index in [9.17, 15) is 13.2 Å². The van der Waals surface area contributed by atoms with Gasteiger partial charge in [-0.2, -0.15) is 0 Å². The molecule has 6 nitrogen and oxygen atoms in total. The van der Waals surface area contributed by atoms with E-state index >= 15 is 0 Å². The topological polar surface area (TPSA) is 115 Å². The van der Waals surface area contributed by atoms with Crippen molar-refractivity contribution in [1.82, 2.24) is 5.32 Å². The van der Waals surface area contributed by atoms with Crippen molar-refractivity contribution in [2.75, 3.05) is 0 Å². The highest BCUT2D eigenvalue weighted by Crippen LogP contribution is 2.09. The molecule has 0 aliphatic heterocycles. The lowest BCUT2D eigenvalue weighted by Gasteiger charge is -2.08. The first-order valence-electron chi connectivity index (χ1n) is 5.93. The second kappa shape index (κ2) is 6.65. The molecular weight excluding hydrogens is 266 g/mol. The molecule has 0 aromatic heterocycles. The molecule has 0 aliphatic rings. The zero-order valence-electron chi connectivity index (χ0n) is 10.8. The first-order valence-corrected chi connectivity index (χ1v) is 7.47. The summed E-state index contributed by atoms with van der Waals surface area (Å²) < 4.78 is 22.4. The third-order valence-corrected chi connectivity index (χ3v) is 3.45. The van der Waals surface area contributed by atoms with Crippen LogP contribution in [-0.4, -0.2) is 20.4 Å². The van der Waals surface area contributed by atoms with E-state index in [0.717, 1.165) is 0 Å². The summed E-state index contributed by atoms with van der Waals surface area (Å²) in [7, 11) is -3.71. The van der Waals surface area contributed by atoms with Gasteiger partial charge in [-0.3, -0.25) is 4.79 Å². The number of rotatable bonds is 6. The Labute approximate surface area is 113 Å². The van der Waals surface area contributed by atoms with Crippen LogP contribution >= 0.6 is 0 Å². The molecule has 0 radical (unpaired) electrons. The molecule has 5 N–H and O–H groups in total. The highest BCUT2D eigenvalue weighted by molar-refractivity contribution is 7.89. The van der Waals surface area contributed by atoms with Crippen molar-refractivity contribution < 1.29 is 13.2 Å². The van der Waals surface area contributed by atoms with Gasteiger partial charge in [0, 0.05) is 19.0 Å². The summed E-state index contributed by atoms with van der Waals surface area (Å²) in [4.78, 5) is 11.5. The number of amides is 1. The van der Waals surface area contributed by atoms with Crippen LogP contribution in [0, 0.1) is 0 Å². The highest BCUT2D eigenvalue weighted by atomic mass is 32.2. The monoisotopic (exact) mass is 285 g/mol. The van der Waals surface area contributed by atoms with Crippen LogP contribution in [0.2, 0.25) is 0 Å². The normalized spacial score (nSPS) is 13.0. The third-order valence-electron chi connectivity index (χ3n) is 2.54. The Balaban J connectivity index is 2.57. The first kappa shape index (κ1) is 15.6. The predicted molar refractivity (Wildman–Crippen MR) is 72.5 cm³/mol. The van der Waals surface area contributed by atoms with Crippen LogP contribution in [-0.2, 0) is 21.4 Å². The second-order valence-corrected chi connectivity index (χ2v) is 6.05. The Bertz CT molecular complexity index is 541. The maximum absolute atomic E-state index is 11.5. The average Bonchev–Trinajstić information content (AvgIpc) is 2.33. The van der Waals surface area contributed by atoms with Crippen molar-refractivity contribution in [3.63, 3.8) is 0 Å². The fraction of sp³-hybridized carbons (Fsp3) is 0.417. The fourth-order valence-electron chi connectivity index (χ4n) is 1.48. The van der Waals surface area contributed by atoms with E-state index in [0.29, 0.717) is 18.4 Å². The maximum Gasteiger partial charge on any atom is 0.238 e. The molecule has 0 heterocycles. The Hall–Kier alpha value is -1.44. The van der Waals surface area contributed by atoms with Gasteiger partial charge in [-0.15, -0.1) is 0 Å². The molecule has 0 aliphatic carbocycles. The lowest BCUT2D eigenvalue weighted by atomic mass is 10.2. The van der Waals surface area contributed by atoms with Gasteiger partial charge in [0.25, 0.3) is 0 Å². The van der Waals surface area contributed by atoms with Gasteiger partial charge in [0.1, 0.15) is 0 Å². The van der Waals surface area contributed by atoms with Crippen molar-refractivity contribution in [2.24, 2.45) is 10.9 Å². The van der Waals surface area contributed by atoms with Gasteiger partial charge >= 0.3 is 0 Å². The van der Waals surface area contributed by atoms with Crippen molar-refractivity contribution in [3.8, 4) is 0 Å². The van der Waals surface area contributed by atoms with Crippen molar-refractivity contribution in [2.45, 2.75) is 37.2 Å². The summed E-state index contributed by atoms with van der Waals surface area (Å²) in [5, 5.41) is 7.74. The smallest absolute Gasteiger partial charge is 0.238 e. The van der Waals surface area contributed by atoms with Crippen LogP contribution in [0.25, 0.3) is 0 Å². The zero-order valence-corrected chi connectivity index (χ0v) is 11.6. The summed E-state index contributed by atoms with van der Waals surface area (Å²) in [6.45, 7) is 2.10. The Morgan fingerprint density at radius 1 is 1.42 bits per heavy atom. The highest BCUT2D eigenvalue weighted by Gasteiger charge is 2.08. The number of benzene rings is 1. The molecule has 1 rings (SSSR count). The molecule has 19 heavy (non-hydrogen) atoms. The Kier molecular flexibility index (Phi) is 5.46. The Morgan fingerprint density at radius 2 is 2.11 bits per heavy atom. The van der Waals surface area contributed by atoms with Crippen molar-refractivity contribution >= 4 is 15.9 Å². The quantitative estimate of drug-likeness (QED) is 0.686. The second-order valence-electron chi connectivity index (χ2n) is 4.49. The predicted octanol–water partition coefficient (Wildman–Crippen LogP) is 0.0776. The van der Waals surface area contributed by atoms with E-state index in [1.165, 1.54) is 12.1 Å². The van der Waals surface area contributed by atoms with Crippen molar-refractivity contribution in [1.29, 1.82) is 0 Å². The molecule has 0 bridgehead atoms. The van der Waals surface area contributed by atoms with Crippen LogP contribution in [0.15, 0.2) is 29.2 Å². The van der Waals surface area contributed by atoms with Gasteiger partial charge in [-0.25, -0.2) is 13.6 Å². The first-order chi connectivity index (χ1) is 8.79. The lowest BCUT2D eigenvalue weighted by Crippen LogP contribution is -2.25. The largest absolute Gasteiger partial charge is 0.352 e. The van der Waals surface area contributed by atoms with E-state index in [-0.39, 0.29) is 23.4 Å². The number of sulfonamides is 1. The molecular formula is C12H19N3O3S. The van der Waals surface area contributed by atoms with Crippen molar-refractivity contribution in [3.05, 3.63) is 29.8 Å².